The van der Waals surface area contributed by atoms with Crippen LogP contribution in [0.4, 0.5) is 0 Å². The summed E-state index contributed by atoms with van der Waals surface area (Å²) in [4.78, 5) is 4.61. The van der Waals surface area contributed by atoms with Crippen LogP contribution in [0.15, 0.2) is 24.3 Å². The van der Waals surface area contributed by atoms with E-state index in [1.165, 1.54) is 0 Å². The van der Waals surface area contributed by atoms with Gasteiger partial charge in [-0.15, -0.1) is 6.42 Å². The number of nitrogens with zero attached hydrogens (tertiary/aromatic N) is 2. The van der Waals surface area contributed by atoms with Crippen molar-refractivity contribution in [3.63, 3.8) is 0 Å². The number of hydrogen-bond acceptors (Lipinski definition) is 2. The van der Waals surface area contributed by atoms with E-state index in [0.717, 1.165) is 29.7 Å². The van der Waals surface area contributed by atoms with Crippen molar-refractivity contribution >= 4 is 11.0 Å². The third-order valence-corrected chi connectivity index (χ3v) is 3.16. The summed E-state index contributed by atoms with van der Waals surface area (Å²) in [6.45, 7) is 2.85. The van der Waals surface area contributed by atoms with Crippen molar-refractivity contribution in [3.8, 4) is 12.3 Å². The quantitative estimate of drug-likeness (QED) is 0.815. The van der Waals surface area contributed by atoms with Gasteiger partial charge < -0.3 is 4.57 Å². The lowest BCUT2D eigenvalue weighted by atomic mass is 10.2. The van der Waals surface area contributed by atoms with Gasteiger partial charge in [-0.1, -0.05) is 31.4 Å². The molecule has 0 fully saturated rings. The van der Waals surface area contributed by atoms with Gasteiger partial charge in [-0.25, -0.2) is 4.98 Å². The molecule has 0 bridgehead atoms. The first-order valence-electron chi connectivity index (χ1n) is 6.36. The van der Waals surface area contributed by atoms with E-state index in [1.807, 2.05) is 25.2 Å². The summed E-state index contributed by atoms with van der Waals surface area (Å²) in [7, 11) is 2.04. The first-order valence-corrected chi connectivity index (χ1v) is 6.36. The highest BCUT2D eigenvalue weighted by Crippen LogP contribution is 2.14. The molecule has 0 saturated carbocycles. The Balaban J connectivity index is 2.12. The third-order valence-electron chi connectivity index (χ3n) is 3.16. The Labute approximate surface area is 108 Å². The third kappa shape index (κ3) is 2.55. The average Bonchev–Trinajstić information content (AvgIpc) is 2.72. The van der Waals surface area contributed by atoms with Gasteiger partial charge >= 0.3 is 0 Å². The molecule has 1 atom stereocenters. The highest BCUT2D eigenvalue weighted by atomic mass is 15.1. The molecule has 3 heteroatoms. The molecule has 18 heavy (non-hydrogen) atoms. The molecule has 2 aromatic rings. The molecule has 1 unspecified atom stereocenters. The van der Waals surface area contributed by atoms with Gasteiger partial charge in [0.2, 0.25) is 0 Å². The van der Waals surface area contributed by atoms with Crippen LogP contribution < -0.4 is 5.32 Å². The molecule has 1 aromatic heterocycles. The lowest BCUT2D eigenvalue weighted by Crippen LogP contribution is -2.28. The fraction of sp³-hybridized carbons (Fsp3) is 0.400. The fourth-order valence-electron chi connectivity index (χ4n) is 2.10. The van der Waals surface area contributed by atoms with Crippen LogP contribution >= 0.6 is 0 Å². The average molecular weight is 241 g/mol. The first kappa shape index (κ1) is 12.7. The van der Waals surface area contributed by atoms with Crippen molar-refractivity contribution in [2.75, 3.05) is 0 Å². The second-order valence-corrected chi connectivity index (χ2v) is 4.46. The highest BCUT2D eigenvalue weighted by Gasteiger charge is 2.08. The van der Waals surface area contributed by atoms with Gasteiger partial charge in [0, 0.05) is 7.05 Å². The number of aryl methyl sites for hydroxylation is 1. The van der Waals surface area contributed by atoms with Crippen LogP contribution in [-0.2, 0) is 13.6 Å². The molecule has 1 heterocycles. The Morgan fingerprint density at radius 3 is 2.89 bits per heavy atom. The van der Waals surface area contributed by atoms with Gasteiger partial charge in [0.25, 0.3) is 0 Å². The van der Waals surface area contributed by atoms with Crippen LogP contribution in [0.5, 0.6) is 0 Å². The molecule has 0 aliphatic heterocycles. The predicted octanol–water partition coefficient (Wildman–Crippen LogP) is 2.46. The van der Waals surface area contributed by atoms with Crippen LogP contribution in [0, 0.1) is 12.3 Å². The molecule has 1 aromatic carbocycles. The van der Waals surface area contributed by atoms with Gasteiger partial charge in [0.1, 0.15) is 5.82 Å². The number of imidazole rings is 1. The van der Waals surface area contributed by atoms with E-state index < -0.39 is 0 Å². The molecule has 94 valence electrons. The summed E-state index contributed by atoms with van der Waals surface area (Å²) < 4.78 is 2.11. The Morgan fingerprint density at radius 2 is 2.22 bits per heavy atom. The van der Waals surface area contributed by atoms with E-state index in [0.29, 0.717) is 6.54 Å². The van der Waals surface area contributed by atoms with Crippen LogP contribution in [-0.4, -0.2) is 15.6 Å². The maximum atomic E-state index is 5.50. The number of aromatic nitrogens is 2. The van der Waals surface area contributed by atoms with Gasteiger partial charge in [-0.05, 0) is 18.6 Å². The second-order valence-electron chi connectivity index (χ2n) is 4.46. The van der Waals surface area contributed by atoms with Gasteiger partial charge in [0.05, 0.1) is 23.6 Å². The zero-order valence-corrected chi connectivity index (χ0v) is 11.0. The van der Waals surface area contributed by atoms with Crippen molar-refractivity contribution in [1.82, 2.24) is 14.9 Å². The Morgan fingerprint density at radius 1 is 1.44 bits per heavy atom. The summed E-state index contributed by atoms with van der Waals surface area (Å²) in [6.07, 6.45) is 7.58. The maximum absolute atomic E-state index is 5.50. The lowest BCUT2D eigenvalue weighted by molar-refractivity contribution is 0.544. The number of nitrogens with one attached hydrogen (secondary N) is 1. The Hall–Kier alpha value is -1.79. The van der Waals surface area contributed by atoms with E-state index in [2.05, 4.69) is 33.8 Å². The highest BCUT2D eigenvalue weighted by molar-refractivity contribution is 5.75. The van der Waals surface area contributed by atoms with Gasteiger partial charge in [-0.2, -0.15) is 0 Å². The zero-order chi connectivity index (χ0) is 13.0. The molecule has 0 aliphatic rings. The van der Waals surface area contributed by atoms with E-state index >= 15 is 0 Å². The topological polar surface area (TPSA) is 29.9 Å². The van der Waals surface area contributed by atoms with E-state index in [1.54, 1.807) is 0 Å². The minimum atomic E-state index is 0.134. The minimum Gasteiger partial charge on any atom is -0.330 e. The number of fused-ring (bicyclic) bond motifs is 1. The molecule has 1 N–H and O–H groups in total. The van der Waals surface area contributed by atoms with E-state index in [9.17, 15) is 0 Å². The van der Waals surface area contributed by atoms with E-state index in [4.69, 9.17) is 6.42 Å². The van der Waals surface area contributed by atoms with Crippen LogP contribution in [0.25, 0.3) is 11.0 Å². The predicted molar refractivity (Wildman–Crippen MR) is 75.1 cm³/mol. The standard InChI is InChI=1S/C15H19N3/c1-4-8-12(5-2)16-11-15-17-13-9-6-7-10-14(13)18(15)3/h2,6-7,9-10,12,16H,4,8,11H2,1,3H3. The monoisotopic (exact) mass is 241 g/mol. The Kier molecular flexibility index (Phi) is 4.01. The number of terminal acetylenes is 1. The first-order chi connectivity index (χ1) is 8.76. The number of hydrogen-bond donors (Lipinski definition) is 1. The zero-order valence-electron chi connectivity index (χ0n) is 11.0. The van der Waals surface area contributed by atoms with Crippen molar-refractivity contribution in [2.24, 2.45) is 7.05 Å². The number of rotatable bonds is 5. The number of benzene rings is 1. The molecule has 2 rings (SSSR count). The second kappa shape index (κ2) is 5.70. The molecular formula is C15H19N3. The Bertz CT molecular complexity index is 563. The SMILES string of the molecule is C#CC(CCC)NCc1nc2ccccc2n1C. The molecule has 3 nitrogen and oxygen atoms in total. The molecule has 0 amide bonds. The summed E-state index contributed by atoms with van der Waals surface area (Å²) in [5.74, 6) is 3.80. The molecular weight excluding hydrogens is 222 g/mol. The summed E-state index contributed by atoms with van der Waals surface area (Å²) in [6, 6.07) is 8.28. The smallest absolute Gasteiger partial charge is 0.123 e. The van der Waals surface area contributed by atoms with Crippen molar-refractivity contribution in [1.29, 1.82) is 0 Å². The lowest BCUT2D eigenvalue weighted by Gasteiger charge is -2.11. The molecule has 0 aliphatic carbocycles. The normalized spacial score (nSPS) is 12.5. The van der Waals surface area contributed by atoms with Crippen molar-refractivity contribution < 1.29 is 0 Å². The minimum absolute atomic E-state index is 0.134. The largest absolute Gasteiger partial charge is 0.330 e. The summed E-state index contributed by atoms with van der Waals surface area (Å²) >= 11 is 0. The fourth-order valence-corrected chi connectivity index (χ4v) is 2.10. The van der Waals surface area contributed by atoms with Crippen LogP contribution in [0.2, 0.25) is 0 Å². The van der Waals surface area contributed by atoms with Crippen LogP contribution in [0.1, 0.15) is 25.6 Å². The van der Waals surface area contributed by atoms with Crippen molar-refractivity contribution in [2.45, 2.75) is 32.4 Å². The molecule has 0 radical (unpaired) electrons. The summed E-state index contributed by atoms with van der Waals surface area (Å²) in [5.41, 5.74) is 2.19. The van der Waals surface area contributed by atoms with Crippen molar-refractivity contribution in [3.05, 3.63) is 30.1 Å². The van der Waals surface area contributed by atoms with Gasteiger partial charge in [-0.3, -0.25) is 5.32 Å². The number of para-hydroxylation sites is 2. The van der Waals surface area contributed by atoms with Crippen LogP contribution in [0.3, 0.4) is 0 Å². The van der Waals surface area contributed by atoms with E-state index in [-0.39, 0.29) is 6.04 Å². The maximum Gasteiger partial charge on any atom is 0.123 e. The van der Waals surface area contributed by atoms with Gasteiger partial charge in [0.15, 0.2) is 0 Å². The molecule has 0 saturated heterocycles. The molecule has 0 spiro atoms. The summed E-state index contributed by atoms with van der Waals surface area (Å²) in [5, 5.41) is 3.37.